The Bertz CT molecular complexity index is 807. The highest BCUT2D eigenvalue weighted by atomic mass is 15.2. The first-order valence-electron chi connectivity index (χ1n) is 9.82. The van der Waals surface area contributed by atoms with E-state index in [-0.39, 0.29) is 0 Å². The van der Waals surface area contributed by atoms with Crippen molar-refractivity contribution in [2.45, 2.75) is 38.4 Å². The molecule has 3 aromatic rings. The molecule has 0 aliphatic carbocycles. The van der Waals surface area contributed by atoms with Gasteiger partial charge < -0.3 is 9.88 Å². The molecule has 0 bridgehead atoms. The molecule has 140 valence electrons. The van der Waals surface area contributed by atoms with Crippen LogP contribution in [0, 0.1) is 0 Å². The first-order valence-corrected chi connectivity index (χ1v) is 9.82. The summed E-state index contributed by atoms with van der Waals surface area (Å²) in [6.07, 6.45) is 9.43. The zero-order valence-corrected chi connectivity index (χ0v) is 15.7. The molecule has 1 unspecified atom stereocenters. The number of nitrogens with zero attached hydrogens (tertiary/aromatic N) is 4. The van der Waals surface area contributed by atoms with Crippen molar-refractivity contribution in [1.82, 2.24) is 24.8 Å². The largest absolute Gasteiger partial charge is 0.317 e. The minimum atomic E-state index is 0.544. The van der Waals surface area contributed by atoms with Crippen molar-refractivity contribution in [3.05, 3.63) is 78.6 Å². The topological polar surface area (TPSA) is 46.0 Å². The standard InChI is InChI=1S/C22H27N5/c1-2-8-21(9-3-1)27-16-15-25-22(27)18-26(17-19-7-4-5-13-24-19)20-10-6-12-23-14-11-20/h1-5,7-9,13,15-16,20,23H,6,10-12,14,17-18H2. The van der Waals surface area contributed by atoms with Gasteiger partial charge in [-0.1, -0.05) is 24.3 Å². The lowest BCUT2D eigenvalue weighted by Crippen LogP contribution is -2.36. The third kappa shape index (κ3) is 4.62. The minimum absolute atomic E-state index is 0.544. The quantitative estimate of drug-likeness (QED) is 0.731. The van der Waals surface area contributed by atoms with Gasteiger partial charge >= 0.3 is 0 Å². The van der Waals surface area contributed by atoms with Gasteiger partial charge in [-0.3, -0.25) is 9.88 Å². The van der Waals surface area contributed by atoms with E-state index in [0.717, 1.165) is 43.4 Å². The molecule has 1 saturated heterocycles. The fourth-order valence-corrected chi connectivity index (χ4v) is 3.84. The highest BCUT2D eigenvalue weighted by Crippen LogP contribution is 2.20. The van der Waals surface area contributed by atoms with Crippen LogP contribution in [0.15, 0.2) is 67.1 Å². The van der Waals surface area contributed by atoms with E-state index in [0.29, 0.717) is 6.04 Å². The second-order valence-corrected chi connectivity index (χ2v) is 7.11. The fourth-order valence-electron chi connectivity index (χ4n) is 3.84. The Kier molecular flexibility index (Phi) is 5.92. The fraction of sp³-hybridized carbons (Fsp3) is 0.364. The smallest absolute Gasteiger partial charge is 0.127 e. The molecule has 1 atom stereocenters. The number of benzene rings is 1. The highest BCUT2D eigenvalue weighted by Gasteiger charge is 2.22. The molecule has 27 heavy (non-hydrogen) atoms. The number of hydrogen-bond donors (Lipinski definition) is 1. The van der Waals surface area contributed by atoms with E-state index in [4.69, 9.17) is 0 Å². The Labute approximate surface area is 161 Å². The molecule has 1 N–H and O–H groups in total. The van der Waals surface area contributed by atoms with Gasteiger partial charge in [0.15, 0.2) is 0 Å². The molecule has 1 fully saturated rings. The first-order chi connectivity index (χ1) is 13.4. The number of pyridine rings is 1. The molecule has 0 spiro atoms. The summed E-state index contributed by atoms with van der Waals surface area (Å²) in [6.45, 7) is 3.87. The van der Waals surface area contributed by atoms with Crippen molar-refractivity contribution in [2.24, 2.45) is 0 Å². The molecule has 2 aromatic heterocycles. The average molecular weight is 361 g/mol. The number of nitrogens with one attached hydrogen (secondary N) is 1. The van der Waals surface area contributed by atoms with Crippen LogP contribution in [0.3, 0.4) is 0 Å². The van der Waals surface area contributed by atoms with Gasteiger partial charge in [-0.25, -0.2) is 4.98 Å². The molecule has 0 saturated carbocycles. The summed E-state index contributed by atoms with van der Waals surface area (Å²) < 4.78 is 2.19. The number of hydrogen-bond acceptors (Lipinski definition) is 4. The van der Waals surface area contributed by atoms with E-state index in [9.17, 15) is 0 Å². The third-order valence-corrected chi connectivity index (χ3v) is 5.25. The van der Waals surface area contributed by atoms with Crippen LogP contribution in [-0.4, -0.2) is 38.6 Å². The van der Waals surface area contributed by atoms with Crippen molar-refractivity contribution in [3.8, 4) is 5.69 Å². The number of para-hydroxylation sites is 1. The molecule has 5 nitrogen and oxygen atoms in total. The van der Waals surface area contributed by atoms with Gasteiger partial charge in [-0.15, -0.1) is 0 Å². The molecule has 0 radical (unpaired) electrons. The number of rotatable bonds is 6. The Balaban J connectivity index is 1.58. The Hall–Kier alpha value is -2.50. The number of imidazole rings is 1. The summed E-state index contributed by atoms with van der Waals surface area (Å²) in [7, 11) is 0. The van der Waals surface area contributed by atoms with E-state index >= 15 is 0 Å². The van der Waals surface area contributed by atoms with Crippen LogP contribution >= 0.6 is 0 Å². The van der Waals surface area contributed by atoms with Gasteiger partial charge in [0.1, 0.15) is 5.82 Å². The van der Waals surface area contributed by atoms with Gasteiger partial charge in [0.2, 0.25) is 0 Å². The summed E-state index contributed by atoms with van der Waals surface area (Å²) in [4.78, 5) is 11.8. The normalized spacial score (nSPS) is 17.7. The highest BCUT2D eigenvalue weighted by molar-refractivity contribution is 5.32. The SMILES string of the molecule is c1ccc(-n2ccnc2CN(Cc2ccccn2)C2CCCNCC2)cc1. The minimum Gasteiger partial charge on any atom is -0.317 e. The molecule has 5 heteroatoms. The van der Waals surface area contributed by atoms with Gasteiger partial charge in [-0.2, -0.15) is 0 Å². The van der Waals surface area contributed by atoms with Gasteiger partial charge in [0.25, 0.3) is 0 Å². The second kappa shape index (κ2) is 8.93. The summed E-state index contributed by atoms with van der Waals surface area (Å²) in [5, 5.41) is 3.53. The maximum atomic E-state index is 4.68. The van der Waals surface area contributed by atoms with E-state index in [2.05, 4.69) is 67.3 Å². The molecule has 1 aliphatic rings. The summed E-state index contributed by atoms with van der Waals surface area (Å²) >= 11 is 0. The predicted octanol–water partition coefficient (Wildman–Crippen LogP) is 3.41. The van der Waals surface area contributed by atoms with Gasteiger partial charge in [0, 0.05) is 36.9 Å². The zero-order chi connectivity index (χ0) is 18.3. The van der Waals surface area contributed by atoms with Crippen LogP contribution in [0.4, 0.5) is 0 Å². The van der Waals surface area contributed by atoms with Gasteiger partial charge in [-0.05, 0) is 56.6 Å². The average Bonchev–Trinajstić information content (AvgIpc) is 3.01. The van der Waals surface area contributed by atoms with E-state index in [1.54, 1.807) is 0 Å². The Morgan fingerprint density at radius 3 is 2.67 bits per heavy atom. The maximum absolute atomic E-state index is 4.68. The van der Waals surface area contributed by atoms with Crippen molar-refractivity contribution >= 4 is 0 Å². The van der Waals surface area contributed by atoms with E-state index < -0.39 is 0 Å². The molecular weight excluding hydrogens is 334 g/mol. The van der Waals surface area contributed by atoms with Crippen molar-refractivity contribution < 1.29 is 0 Å². The lowest BCUT2D eigenvalue weighted by molar-refractivity contribution is 0.157. The Morgan fingerprint density at radius 2 is 1.81 bits per heavy atom. The molecule has 0 amide bonds. The van der Waals surface area contributed by atoms with Crippen molar-refractivity contribution in [3.63, 3.8) is 0 Å². The van der Waals surface area contributed by atoms with Crippen LogP contribution in [-0.2, 0) is 13.1 Å². The predicted molar refractivity (Wildman–Crippen MR) is 108 cm³/mol. The van der Waals surface area contributed by atoms with Crippen LogP contribution in [0.1, 0.15) is 30.8 Å². The van der Waals surface area contributed by atoms with Crippen molar-refractivity contribution in [1.29, 1.82) is 0 Å². The lowest BCUT2D eigenvalue weighted by atomic mass is 10.1. The van der Waals surface area contributed by atoms with Crippen LogP contribution in [0.25, 0.3) is 5.69 Å². The van der Waals surface area contributed by atoms with Crippen LogP contribution in [0.2, 0.25) is 0 Å². The summed E-state index contributed by atoms with van der Waals surface area (Å²) in [6, 6.07) is 17.2. The summed E-state index contributed by atoms with van der Waals surface area (Å²) in [5.74, 6) is 1.08. The molecule has 3 heterocycles. The lowest BCUT2D eigenvalue weighted by Gasteiger charge is -2.30. The maximum Gasteiger partial charge on any atom is 0.127 e. The van der Waals surface area contributed by atoms with Crippen molar-refractivity contribution in [2.75, 3.05) is 13.1 Å². The summed E-state index contributed by atoms with van der Waals surface area (Å²) in [5.41, 5.74) is 2.28. The zero-order valence-electron chi connectivity index (χ0n) is 15.7. The second-order valence-electron chi connectivity index (χ2n) is 7.11. The molecule has 1 aromatic carbocycles. The van der Waals surface area contributed by atoms with Crippen LogP contribution < -0.4 is 5.32 Å². The third-order valence-electron chi connectivity index (χ3n) is 5.25. The van der Waals surface area contributed by atoms with E-state index in [1.807, 2.05) is 24.5 Å². The van der Waals surface area contributed by atoms with Gasteiger partial charge in [0.05, 0.1) is 12.2 Å². The molecule has 1 aliphatic heterocycles. The van der Waals surface area contributed by atoms with E-state index in [1.165, 1.54) is 19.3 Å². The molecular formula is C22H27N5. The van der Waals surface area contributed by atoms with Crippen LogP contribution in [0.5, 0.6) is 0 Å². The molecule has 4 rings (SSSR count). The number of aromatic nitrogens is 3. The first kappa shape index (κ1) is 17.9. The Morgan fingerprint density at radius 1 is 0.926 bits per heavy atom. The monoisotopic (exact) mass is 361 g/mol.